The van der Waals surface area contributed by atoms with Crippen molar-refractivity contribution in [2.24, 2.45) is 4.99 Å². The van der Waals surface area contributed by atoms with Crippen molar-refractivity contribution in [2.75, 3.05) is 38.8 Å². The first-order valence-electron chi connectivity index (χ1n) is 7.44. The number of guanidine groups is 1. The summed E-state index contributed by atoms with van der Waals surface area (Å²) in [6.45, 7) is 4.72. The van der Waals surface area contributed by atoms with Crippen molar-refractivity contribution in [3.8, 4) is 5.75 Å². The van der Waals surface area contributed by atoms with E-state index in [1.165, 1.54) is 5.56 Å². The number of nitrogens with zero attached hydrogens (tertiary/aromatic N) is 1. The summed E-state index contributed by atoms with van der Waals surface area (Å²) in [5, 5.41) is 6.65. The first-order chi connectivity index (χ1) is 10.3. The number of benzene rings is 1. The average Bonchev–Trinajstić information content (AvgIpc) is 2.52. The molecule has 1 aromatic rings. The van der Waals surface area contributed by atoms with Gasteiger partial charge in [0.1, 0.15) is 5.75 Å². The molecule has 4 nitrogen and oxygen atoms in total. The minimum Gasteiger partial charge on any atom is -0.497 e. The Morgan fingerprint density at radius 3 is 2.62 bits per heavy atom. The van der Waals surface area contributed by atoms with Crippen LogP contribution in [0.1, 0.15) is 18.9 Å². The second-order valence-corrected chi connectivity index (χ2v) is 5.62. The quantitative estimate of drug-likeness (QED) is 0.418. The third kappa shape index (κ3) is 7.85. The van der Waals surface area contributed by atoms with Crippen molar-refractivity contribution in [2.45, 2.75) is 19.8 Å². The van der Waals surface area contributed by atoms with Gasteiger partial charge in [0.2, 0.25) is 0 Å². The number of ether oxygens (including phenoxy) is 1. The van der Waals surface area contributed by atoms with Crippen LogP contribution in [-0.4, -0.2) is 44.7 Å². The highest BCUT2D eigenvalue weighted by atomic mass is 32.2. The lowest BCUT2D eigenvalue weighted by Crippen LogP contribution is -2.38. The molecule has 0 saturated carbocycles. The first-order valence-corrected chi connectivity index (χ1v) is 8.83. The molecule has 0 spiro atoms. The summed E-state index contributed by atoms with van der Waals surface area (Å²) >= 11 is 1.86. The highest BCUT2D eigenvalue weighted by Crippen LogP contribution is 2.11. The second kappa shape index (κ2) is 11.3. The summed E-state index contributed by atoms with van der Waals surface area (Å²) in [6, 6.07) is 8.19. The van der Waals surface area contributed by atoms with Crippen LogP contribution in [0, 0.1) is 0 Å². The van der Waals surface area contributed by atoms with E-state index in [-0.39, 0.29) is 0 Å². The fraction of sp³-hybridized carbons (Fsp3) is 0.562. The monoisotopic (exact) mass is 309 g/mol. The molecule has 0 fully saturated rings. The van der Waals surface area contributed by atoms with Gasteiger partial charge in [0, 0.05) is 19.6 Å². The van der Waals surface area contributed by atoms with Gasteiger partial charge in [-0.2, -0.15) is 11.8 Å². The van der Waals surface area contributed by atoms with Crippen LogP contribution in [0.25, 0.3) is 0 Å². The molecule has 0 unspecified atom stereocenters. The van der Waals surface area contributed by atoms with Crippen molar-refractivity contribution in [1.29, 1.82) is 0 Å². The maximum absolute atomic E-state index is 5.16. The molecule has 1 rings (SSSR count). The number of aliphatic imine (C=N–C) groups is 1. The zero-order valence-corrected chi connectivity index (χ0v) is 14.1. The molecule has 0 atom stereocenters. The van der Waals surface area contributed by atoms with Crippen molar-refractivity contribution in [3.63, 3.8) is 0 Å². The van der Waals surface area contributed by atoms with Crippen LogP contribution in [0.15, 0.2) is 29.3 Å². The highest BCUT2D eigenvalue weighted by Gasteiger charge is 1.98. The van der Waals surface area contributed by atoms with Gasteiger partial charge in [-0.3, -0.25) is 4.99 Å². The minimum absolute atomic E-state index is 0.874. The van der Waals surface area contributed by atoms with Gasteiger partial charge in [-0.05, 0) is 49.5 Å². The molecule has 118 valence electrons. The van der Waals surface area contributed by atoms with E-state index >= 15 is 0 Å². The van der Waals surface area contributed by atoms with Gasteiger partial charge in [-0.25, -0.2) is 0 Å². The van der Waals surface area contributed by atoms with Gasteiger partial charge in [-0.1, -0.05) is 12.1 Å². The summed E-state index contributed by atoms with van der Waals surface area (Å²) in [5.74, 6) is 2.97. The van der Waals surface area contributed by atoms with E-state index in [0.717, 1.165) is 49.9 Å². The molecule has 2 N–H and O–H groups in total. The fourth-order valence-electron chi connectivity index (χ4n) is 1.86. The van der Waals surface area contributed by atoms with Crippen molar-refractivity contribution < 1.29 is 4.74 Å². The average molecular weight is 309 g/mol. The molecular weight excluding hydrogens is 282 g/mol. The first kappa shape index (κ1) is 17.7. The molecule has 0 aliphatic carbocycles. The molecule has 1 aromatic carbocycles. The zero-order chi connectivity index (χ0) is 15.3. The predicted octanol–water partition coefficient (Wildman–Crippen LogP) is 2.55. The maximum atomic E-state index is 5.16. The molecule has 0 aromatic heterocycles. The van der Waals surface area contributed by atoms with Crippen LogP contribution >= 0.6 is 11.8 Å². The van der Waals surface area contributed by atoms with Crippen LogP contribution in [0.4, 0.5) is 0 Å². The van der Waals surface area contributed by atoms with E-state index in [2.05, 4.69) is 40.9 Å². The van der Waals surface area contributed by atoms with Crippen LogP contribution < -0.4 is 15.4 Å². The molecule has 0 heterocycles. The summed E-state index contributed by atoms with van der Waals surface area (Å²) in [6.07, 6.45) is 4.22. The molecule has 0 amide bonds. The Balaban J connectivity index is 2.34. The highest BCUT2D eigenvalue weighted by molar-refractivity contribution is 7.98. The summed E-state index contributed by atoms with van der Waals surface area (Å²) in [4.78, 5) is 4.57. The molecule has 21 heavy (non-hydrogen) atoms. The molecule has 0 saturated heterocycles. The number of thioether (sulfide) groups is 1. The normalized spacial score (nSPS) is 11.3. The summed E-state index contributed by atoms with van der Waals surface area (Å²) in [5.41, 5.74) is 1.29. The number of rotatable bonds is 9. The minimum atomic E-state index is 0.874. The van der Waals surface area contributed by atoms with E-state index in [1.807, 2.05) is 23.9 Å². The maximum Gasteiger partial charge on any atom is 0.191 e. The number of nitrogens with one attached hydrogen (secondary N) is 2. The lowest BCUT2D eigenvalue weighted by atomic mass is 10.1. The Kier molecular flexibility index (Phi) is 9.53. The standard InChI is InChI=1S/C16H27N3OS/c1-4-17-16(18-11-5-13-21-3)19-12-10-14-6-8-15(20-2)9-7-14/h6-9H,4-5,10-13H2,1-3H3,(H2,17,18,19). The van der Waals surface area contributed by atoms with Gasteiger partial charge in [0.25, 0.3) is 0 Å². The molecule has 5 heteroatoms. The number of hydrogen-bond acceptors (Lipinski definition) is 3. The van der Waals surface area contributed by atoms with Crippen molar-refractivity contribution in [3.05, 3.63) is 29.8 Å². The van der Waals surface area contributed by atoms with Gasteiger partial charge < -0.3 is 15.4 Å². The third-order valence-corrected chi connectivity index (χ3v) is 3.68. The van der Waals surface area contributed by atoms with Crippen LogP contribution in [0.3, 0.4) is 0 Å². The van der Waals surface area contributed by atoms with E-state index in [4.69, 9.17) is 4.74 Å². The Bertz CT molecular complexity index is 406. The Morgan fingerprint density at radius 1 is 1.24 bits per heavy atom. The van der Waals surface area contributed by atoms with Gasteiger partial charge in [0.15, 0.2) is 5.96 Å². The molecule has 0 radical (unpaired) electrons. The Morgan fingerprint density at radius 2 is 2.00 bits per heavy atom. The number of hydrogen-bond donors (Lipinski definition) is 2. The summed E-state index contributed by atoms with van der Waals surface area (Å²) < 4.78 is 5.16. The lowest BCUT2D eigenvalue weighted by molar-refractivity contribution is 0.414. The third-order valence-electron chi connectivity index (χ3n) is 2.99. The zero-order valence-electron chi connectivity index (χ0n) is 13.3. The summed E-state index contributed by atoms with van der Waals surface area (Å²) in [7, 11) is 1.69. The molecule has 0 bridgehead atoms. The van der Waals surface area contributed by atoms with Crippen LogP contribution in [-0.2, 0) is 6.42 Å². The smallest absolute Gasteiger partial charge is 0.191 e. The molecule has 0 aliphatic rings. The molecular formula is C16H27N3OS. The van der Waals surface area contributed by atoms with Gasteiger partial charge in [-0.15, -0.1) is 0 Å². The van der Waals surface area contributed by atoms with Gasteiger partial charge >= 0.3 is 0 Å². The Hall–Kier alpha value is -1.36. The topological polar surface area (TPSA) is 45.7 Å². The fourth-order valence-corrected chi connectivity index (χ4v) is 2.28. The largest absolute Gasteiger partial charge is 0.497 e. The van der Waals surface area contributed by atoms with E-state index < -0.39 is 0 Å². The molecule has 0 aliphatic heterocycles. The van der Waals surface area contributed by atoms with Gasteiger partial charge in [0.05, 0.1) is 7.11 Å². The Labute approximate surface area is 132 Å². The van der Waals surface area contributed by atoms with Crippen LogP contribution in [0.5, 0.6) is 5.75 Å². The van der Waals surface area contributed by atoms with E-state index in [0.29, 0.717) is 0 Å². The SMILES string of the molecule is CCNC(=NCCCSC)NCCc1ccc(OC)cc1. The van der Waals surface area contributed by atoms with Crippen molar-refractivity contribution in [1.82, 2.24) is 10.6 Å². The second-order valence-electron chi connectivity index (χ2n) is 4.63. The lowest BCUT2D eigenvalue weighted by Gasteiger charge is -2.11. The predicted molar refractivity (Wildman–Crippen MR) is 93.7 cm³/mol. The number of methoxy groups -OCH3 is 1. The van der Waals surface area contributed by atoms with Crippen molar-refractivity contribution >= 4 is 17.7 Å². The van der Waals surface area contributed by atoms with E-state index in [9.17, 15) is 0 Å². The van der Waals surface area contributed by atoms with E-state index in [1.54, 1.807) is 7.11 Å². The van der Waals surface area contributed by atoms with Crippen LogP contribution in [0.2, 0.25) is 0 Å².